The molecule has 1 aromatic rings. The number of nitrogens with zero attached hydrogens (tertiary/aromatic N) is 1. The summed E-state index contributed by atoms with van der Waals surface area (Å²) in [5.74, 6) is 7.34. The maximum Gasteiger partial charge on any atom is 0.126 e. The van der Waals surface area contributed by atoms with Crippen LogP contribution in [-0.4, -0.2) is 10.7 Å². The minimum absolute atomic E-state index is 0.569. The van der Waals surface area contributed by atoms with Crippen LogP contribution < -0.4 is 5.73 Å². The summed E-state index contributed by atoms with van der Waals surface area (Å²) in [4.78, 5) is 4.01. The van der Waals surface area contributed by atoms with E-state index in [2.05, 4.69) is 29.5 Å². The van der Waals surface area contributed by atoms with Crippen molar-refractivity contribution in [2.45, 2.75) is 13.3 Å². The highest BCUT2D eigenvalue weighted by atomic mass is 32.1. The average molecular weight is 192 g/mol. The zero-order chi connectivity index (χ0) is 9.68. The molecule has 0 aliphatic carbocycles. The number of rotatable bonds is 1. The molecule has 0 bridgehead atoms. The van der Waals surface area contributed by atoms with E-state index in [1.807, 2.05) is 13.0 Å². The van der Waals surface area contributed by atoms with Crippen LogP contribution in [0.15, 0.2) is 12.3 Å². The largest absolute Gasteiger partial charge is 0.383 e. The van der Waals surface area contributed by atoms with Crippen molar-refractivity contribution in [2.24, 2.45) is 0 Å². The highest BCUT2D eigenvalue weighted by molar-refractivity contribution is 7.80. The maximum atomic E-state index is 5.57. The van der Waals surface area contributed by atoms with E-state index < -0.39 is 0 Å². The molecule has 68 valence electrons. The number of nitrogen functional groups attached to an aromatic ring is 1. The molecule has 0 amide bonds. The molecule has 0 atom stereocenters. The molecule has 1 aromatic heterocycles. The van der Waals surface area contributed by atoms with Gasteiger partial charge in [-0.1, -0.05) is 11.8 Å². The van der Waals surface area contributed by atoms with Crippen molar-refractivity contribution in [1.82, 2.24) is 4.98 Å². The van der Waals surface area contributed by atoms with E-state index in [0.29, 0.717) is 5.82 Å². The summed E-state index contributed by atoms with van der Waals surface area (Å²) >= 11 is 4.07. The number of thiol groups is 1. The van der Waals surface area contributed by atoms with Crippen LogP contribution in [0.1, 0.15) is 17.5 Å². The van der Waals surface area contributed by atoms with Gasteiger partial charge >= 0.3 is 0 Å². The van der Waals surface area contributed by atoms with E-state index in [4.69, 9.17) is 5.73 Å². The van der Waals surface area contributed by atoms with Gasteiger partial charge in [0.25, 0.3) is 0 Å². The molecular formula is C10H12N2S. The molecule has 0 radical (unpaired) electrons. The first-order valence-corrected chi connectivity index (χ1v) is 4.69. The highest BCUT2D eigenvalue weighted by Crippen LogP contribution is 2.07. The normalized spacial score (nSPS) is 9.08. The molecule has 1 heterocycles. The number of anilines is 1. The fourth-order valence-electron chi connectivity index (χ4n) is 0.874. The first-order valence-electron chi connectivity index (χ1n) is 4.06. The molecule has 0 aliphatic rings. The van der Waals surface area contributed by atoms with Crippen LogP contribution >= 0.6 is 12.6 Å². The van der Waals surface area contributed by atoms with Crippen molar-refractivity contribution in [3.63, 3.8) is 0 Å². The Bertz CT molecular complexity index is 350. The third kappa shape index (κ3) is 3.00. The van der Waals surface area contributed by atoms with Crippen molar-refractivity contribution in [3.05, 3.63) is 23.4 Å². The lowest BCUT2D eigenvalue weighted by molar-refractivity contribution is 1.26. The molecule has 1 rings (SSSR count). The Labute approximate surface area is 84.0 Å². The van der Waals surface area contributed by atoms with Crippen molar-refractivity contribution in [3.8, 4) is 11.8 Å². The van der Waals surface area contributed by atoms with Gasteiger partial charge in [0.1, 0.15) is 5.82 Å². The molecule has 0 saturated heterocycles. The van der Waals surface area contributed by atoms with E-state index in [9.17, 15) is 0 Å². The van der Waals surface area contributed by atoms with Gasteiger partial charge in [0.15, 0.2) is 0 Å². The van der Waals surface area contributed by atoms with Crippen LogP contribution in [0.2, 0.25) is 0 Å². The van der Waals surface area contributed by atoms with E-state index in [0.717, 1.165) is 23.3 Å². The van der Waals surface area contributed by atoms with E-state index in [-0.39, 0.29) is 0 Å². The summed E-state index contributed by atoms with van der Waals surface area (Å²) in [6.07, 6.45) is 2.49. The molecule has 13 heavy (non-hydrogen) atoms. The zero-order valence-electron chi connectivity index (χ0n) is 7.54. The Morgan fingerprint density at radius 3 is 3.00 bits per heavy atom. The second-order valence-electron chi connectivity index (χ2n) is 2.70. The summed E-state index contributed by atoms with van der Waals surface area (Å²) in [6.45, 7) is 1.92. The van der Waals surface area contributed by atoms with Gasteiger partial charge in [-0.05, 0) is 18.6 Å². The van der Waals surface area contributed by atoms with Gasteiger partial charge in [0.05, 0.1) is 0 Å². The smallest absolute Gasteiger partial charge is 0.126 e. The second-order valence-corrected chi connectivity index (χ2v) is 3.15. The lowest BCUT2D eigenvalue weighted by atomic mass is 10.2. The van der Waals surface area contributed by atoms with Crippen molar-refractivity contribution < 1.29 is 0 Å². The van der Waals surface area contributed by atoms with E-state index >= 15 is 0 Å². The molecule has 0 unspecified atom stereocenters. The Morgan fingerprint density at radius 2 is 2.38 bits per heavy atom. The van der Waals surface area contributed by atoms with Gasteiger partial charge < -0.3 is 5.73 Å². The lowest BCUT2D eigenvalue weighted by Gasteiger charge is -1.97. The van der Waals surface area contributed by atoms with Crippen molar-refractivity contribution in [2.75, 3.05) is 11.5 Å². The predicted molar refractivity (Wildman–Crippen MR) is 58.7 cm³/mol. The quantitative estimate of drug-likeness (QED) is 0.524. The summed E-state index contributed by atoms with van der Waals surface area (Å²) in [7, 11) is 0. The first-order chi connectivity index (χ1) is 6.24. The van der Waals surface area contributed by atoms with Gasteiger partial charge in [-0.15, -0.1) is 0 Å². The van der Waals surface area contributed by atoms with Gasteiger partial charge in [-0.25, -0.2) is 4.98 Å². The zero-order valence-corrected chi connectivity index (χ0v) is 8.44. The number of hydrogen-bond donors (Lipinski definition) is 2. The summed E-state index contributed by atoms with van der Waals surface area (Å²) < 4.78 is 0. The number of aromatic nitrogens is 1. The van der Waals surface area contributed by atoms with Gasteiger partial charge in [0.2, 0.25) is 0 Å². The molecular weight excluding hydrogens is 180 g/mol. The Morgan fingerprint density at radius 1 is 1.62 bits per heavy atom. The molecule has 0 fully saturated rings. The van der Waals surface area contributed by atoms with Crippen LogP contribution in [0.5, 0.6) is 0 Å². The van der Waals surface area contributed by atoms with Crippen LogP contribution in [-0.2, 0) is 0 Å². The predicted octanol–water partition coefficient (Wildman–Crippen LogP) is 1.64. The third-order valence-electron chi connectivity index (χ3n) is 1.59. The minimum Gasteiger partial charge on any atom is -0.383 e. The standard InChI is InChI=1S/C10H12N2S/c1-8-6-9(4-2-3-5-13)7-12-10(8)11/h6-7,13H,3,5H2,1H3,(H2,11,12). The fourth-order valence-corrected chi connectivity index (χ4v) is 0.986. The lowest BCUT2D eigenvalue weighted by Crippen LogP contribution is -1.93. The Kier molecular flexibility index (Phi) is 3.66. The van der Waals surface area contributed by atoms with Crippen LogP contribution in [0.4, 0.5) is 5.82 Å². The summed E-state index contributed by atoms with van der Waals surface area (Å²) in [5.41, 5.74) is 7.45. The van der Waals surface area contributed by atoms with Crippen LogP contribution in [0.25, 0.3) is 0 Å². The fraction of sp³-hybridized carbons (Fsp3) is 0.300. The average Bonchev–Trinajstić information content (AvgIpc) is 2.12. The van der Waals surface area contributed by atoms with E-state index in [1.165, 1.54) is 0 Å². The molecule has 2 nitrogen and oxygen atoms in total. The molecule has 2 N–H and O–H groups in total. The summed E-state index contributed by atoms with van der Waals surface area (Å²) in [5, 5.41) is 0. The topological polar surface area (TPSA) is 38.9 Å². The molecule has 0 spiro atoms. The molecule has 0 aliphatic heterocycles. The third-order valence-corrected chi connectivity index (χ3v) is 1.81. The van der Waals surface area contributed by atoms with Crippen molar-refractivity contribution >= 4 is 18.4 Å². The van der Waals surface area contributed by atoms with Gasteiger partial charge in [0, 0.05) is 23.9 Å². The molecule has 3 heteroatoms. The second kappa shape index (κ2) is 4.78. The summed E-state index contributed by atoms with van der Waals surface area (Å²) in [6, 6.07) is 1.94. The van der Waals surface area contributed by atoms with Gasteiger partial charge in [-0.3, -0.25) is 0 Å². The van der Waals surface area contributed by atoms with E-state index in [1.54, 1.807) is 6.20 Å². The SMILES string of the molecule is Cc1cc(C#CCCS)cnc1N. The van der Waals surface area contributed by atoms with Crippen LogP contribution in [0, 0.1) is 18.8 Å². The Hall–Kier alpha value is -1.14. The van der Waals surface area contributed by atoms with Crippen LogP contribution in [0.3, 0.4) is 0 Å². The number of aryl methyl sites for hydroxylation is 1. The molecule has 0 aromatic carbocycles. The number of hydrogen-bond acceptors (Lipinski definition) is 3. The van der Waals surface area contributed by atoms with Gasteiger partial charge in [-0.2, -0.15) is 12.6 Å². The highest BCUT2D eigenvalue weighted by Gasteiger charge is 1.94. The minimum atomic E-state index is 0.569. The Balaban J connectivity index is 2.81. The monoisotopic (exact) mass is 192 g/mol. The maximum absolute atomic E-state index is 5.57. The first kappa shape index (κ1) is 9.94. The van der Waals surface area contributed by atoms with Crippen molar-refractivity contribution in [1.29, 1.82) is 0 Å². The number of pyridine rings is 1. The molecule has 0 saturated carbocycles. The number of nitrogens with two attached hydrogens (primary N) is 1.